The number of allylic oxidation sites excluding steroid dienone is 2. The molecule has 0 unspecified atom stereocenters. The number of aryl methyl sites for hydroxylation is 1. The zero-order valence-electron chi connectivity index (χ0n) is 13.8. The Morgan fingerprint density at radius 3 is 2.17 bits per heavy atom. The van der Waals surface area contributed by atoms with Crippen molar-refractivity contribution in [3.63, 3.8) is 0 Å². The monoisotopic (exact) mass is 312 g/mol. The van der Waals surface area contributed by atoms with E-state index in [2.05, 4.69) is 0 Å². The number of Topliss-reactive ketones (excluding diaryl/α,β-unsaturated/α-hetero) is 2. The molecule has 0 amide bonds. The normalized spacial score (nSPS) is 12.0. The molecule has 0 aliphatic heterocycles. The molecule has 4 nitrogen and oxygen atoms in total. The van der Waals surface area contributed by atoms with E-state index in [-0.39, 0.29) is 29.3 Å². The van der Waals surface area contributed by atoms with Crippen LogP contribution in [-0.4, -0.2) is 16.7 Å². The third-order valence-electron chi connectivity index (χ3n) is 3.72. The number of rotatable bonds is 5. The quantitative estimate of drug-likeness (QED) is 0.504. The van der Waals surface area contributed by atoms with E-state index in [1.165, 1.54) is 20.8 Å². The molecular weight excluding hydrogens is 292 g/mol. The zero-order valence-corrected chi connectivity index (χ0v) is 13.8. The average molecular weight is 312 g/mol. The molecule has 0 saturated heterocycles. The smallest absolute Gasteiger partial charge is 0.163 e. The van der Waals surface area contributed by atoms with Gasteiger partial charge >= 0.3 is 0 Å². The van der Waals surface area contributed by atoms with Crippen LogP contribution in [0, 0.1) is 6.92 Å². The summed E-state index contributed by atoms with van der Waals surface area (Å²) in [5.74, 6) is 0.532. The first kappa shape index (κ1) is 16.7. The van der Waals surface area contributed by atoms with Gasteiger partial charge < -0.3 is 9.52 Å². The number of hydrogen-bond acceptors (Lipinski definition) is 4. The minimum Gasteiger partial charge on any atom is -0.512 e. The molecule has 0 radical (unpaired) electrons. The fourth-order valence-corrected chi connectivity index (χ4v) is 2.39. The summed E-state index contributed by atoms with van der Waals surface area (Å²) in [7, 11) is 0. The minimum absolute atomic E-state index is 0.0553. The van der Waals surface area contributed by atoms with Crippen molar-refractivity contribution in [1.82, 2.24) is 0 Å². The second kappa shape index (κ2) is 6.65. The molecule has 1 aromatic heterocycles. The second-order valence-corrected chi connectivity index (χ2v) is 5.67. The highest BCUT2D eigenvalue weighted by Crippen LogP contribution is 2.28. The van der Waals surface area contributed by atoms with Gasteiger partial charge in [0.25, 0.3) is 0 Å². The van der Waals surface area contributed by atoms with Crippen LogP contribution in [0.1, 0.15) is 42.5 Å². The number of aliphatic hydroxyl groups excluding tert-OH is 1. The number of ketones is 2. The van der Waals surface area contributed by atoms with Crippen molar-refractivity contribution in [2.24, 2.45) is 0 Å². The molecule has 120 valence electrons. The molecule has 0 aliphatic carbocycles. The lowest BCUT2D eigenvalue weighted by atomic mass is 10.0. The van der Waals surface area contributed by atoms with Gasteiger partial charge in [0.05, 0.1) is 11.3 Å². The molecule has 2 aromatic rings. The molecule has 1 aromatic carbocycles. The topological polar surface area (TPSA) is 67.5 Å². The number of carbonyl (C=O) groups is 2. The molecule has 0 saturated carbocycles. The summed E-state index contributed by atoms with van der Waals surface area (Å²) in [6, 6.07) is 9.45. The van der Waals surface area contributed by atoms with Crippen LogP contribution >= 0.6 is 0 Å². The van der Waals surface area contributed by atoms with Crippen LogP contribution < -0.4 is 0 Å². The fraction of sp³-hybridized carbons (Fsp3) is 0.263. The third kappa shape index (κ3) is 3.77. The standard InChI is InChI=1S/C19H20O4/c1-11-5-7-15(8-6-11)18-10-17(14(4)22)19(23-18)9-16(12(2)20)13(3)21/h5-8,10,20H,9H2,1-4H3/b16-12-. The number of furan rings is 1. The summed E-state index contributed by atoms with van der Waals surface area (Å²) in [6.45, 7) is 6.28. The summed E-state index contributed by atoms with van der Waals surface area (Å²) in [4.78, 5) is 23.5. The van der Waals surface area contributed by atoms with E-state index in [0.29, 0.717) is 17.1 Å². The van der Waals surface area contributed by atoms with Gasteiger partial charge in [-0.05, 0) is 33.8 Å². The summed E-state index contributed by atoms with van der Waals surface area (Å²) in [6.07, 6.45) is 0.0957. The molecule has 0 atom stereocenters. The first-order valence-electron chi connectivity index (χ1n) is 7.40. The van der Waals surface area contributed by atoms with Gasteiger partial charge in [0, 0.05) is 17.6 Å². The van der Waals surface area contributed by atoms with Gasteiger partial charge in [-0.1, -0.05) is 29.8 Å². The predicted octanol–water partition coefficient (Wildman–Crippen LogP) is 4.42. The highest BCUT2D eigenvalue weighted by Gasteiger charge is 2.20. The van der Waals surface area contributed by atoms with E-state index in [4.69, 9.17) is 4.42 Å². The summed E-state index contributed by atoms with van der Waals surface area (Å²) in [5, 5.41) is 9.66. The number of carbonyl (C=O) groups excluding carboxylic acids is 2. The van der Waals surface area contributed by atoms with Crippen molar-refractivity contribution in [2.75, 3.05) is 0 Å². The lowest BCUT2D eigenvalue weighted by Gasteiger charge is -2.04. The summed E-state index contributed by atoms with van der Waals surface area (Å²) in [5.41, 5.74) is 2.67. The van der Waals surface area contributed by atoms with E-state index in [0.717, 1.165) is 11.1 Å². The van der Waals surface area contributed by atoms with Crippen molar-refractivity contribution < 1.29 is 19.1 Å². The summed E-state index contributed by atoms with van der Waals surface area (Å²) < 4.78 is 5.81. The Morgan fingerprint density at radius 2 is 1.70 bits per heavy atom. The van der Waals surface area contributed by atoms with Crippen LogP contribution in [0.25, 0.3) is 11.3 Å². The Bertz CT molecular complexity index is 772. The fourth-order valence-electron chi connectivity index (χ4n) is 2.39. The minimum atomic E-state index is -0.243. The first-order chi connectivity index (χ1) is 10.8. The number of hydrogen-bond donors (Lipinski definition) is 1. The molecule has 1 N–H and O–H groups in total. The molecule has 2 rings (SSSR count). The van der Waals surface area contributed by atoms with Crippen LogP contribution in [0.15, 0.2) is 46.1 Å². The zero-order chi connectivity index (χ0) is 17.1. The maximum Gasteiger partial charge on any atom is 0.163 e. The maximum atomic E-state index is 11.9. The Kier molecular flexibility index (Phi) is 4.84. The number of aliphatic hydroxyl groups is 1. The van der Waals surface area contributed by atoms with Crippen LogP contribution in [0.2, 0.25) is 0 Å². The predicted molar refractivity (Wildman–Crippen MR) is 88.6 cm³/mol. The van der Waals surface area contributed by atoms with E-state index < -0.39 is 0 Å². The van der Waals surface area contributed by atoms with Crippen molar-refractivity contribution in [1.29, 1.82) is 0 Å². The molecule has 23 heavy (non-hydrogen) atoms. The van der Waals surface area contributed by atoms with E-state index in [1.54, 1.807) is 6.07 Å². The Morgan fingerprint density at radius 1 is 1.09 bits per heavy atom. The third-order valence-corrected chi connectivity index (χ3v) is 3.72. The second-order valence-electron chi connectivity index (χ2n) is 5.67. The maximum absolute atomic E-state index is 11.9. The van der Waals surface area contributed by atoms with Crippen molar-refractivity contribution in [3.8, 4) is 11.3 Å². The Hall–Kier alpha value is -2.62. The van der Waals surface area contributed by atoms with Gasteiger partial charge in [-0.15, -0.1) is 0 Å². The van der Waals surface area contributed by atoms with E-state index in [1.807, 2.05) is 31.2 Å². The highest BCUT2D eigenvalue weighted by atomic mass is 16.3. The molecule has 0 fully saturated rings. The van der Waals surface area contributed by atoms with E-state index >= 15 is 0 Å². The average Bonchev–Trinajstić information content (AvgIpc) is 2.89. The van der Waals surface area contributed by atoms with Crippen molar-refractivity contribution in [2.45, 2.75) is 34.1 Å². The Labute approximate surface area is 135 Å². The van der Waals surface area contributed by atoms with Gasteiger partial charge in [-0.25, -0.2) is 0 Å². The largest absolute Gasteiger partial charge is 0.512 e. The highest BCUT2D eigenvalue weighted by molar-refractivity contribution is 5.98. The molecule has 0 aliphatic rings. The molecular formula is C19H20O4. The van der Waals surface area contributed by atoms with Crippen molar-refractivity contribution >= 4 is 11.6 Å². The first-order valence-corrected chi connectivity index (χ1v) is 7.40. The number of benzene rings is 1. The van der Waals surface area contributed by atoms with Crippen molar-refractivity contribution in [3.05, 3.63) is 58.6 Å². The lowest BCUT2D eigenvalue weighted by Crippen LogP contribution is -2.06. The van der Waals surface area contributed by atoms with Gasteiger partial charge in [0.2, 0.25) is 0 Å². The molecule has 0 spiro atoms. The van der Waals surface area contributed by atoms with Crippen LogP contribution in [0.5, 0.6) is 0 Å². The Balaban J connectivity index is 2.47. The molecule has 0 bridgehead atoms. The van der Waals surface area contributed by atoms with Crippen LogP contribution in [0.4, 0.5) is 0 Å². The lowest BCUT2D eigenvalue weighted by molar-refractivity contribution is -0.113. The SMILES string of the molecule is CC(=O)/C(Cc1oc(-c2ccc(C)cc2)cc1C(C)=O)=C(/C)O. The van der Waals surface area contributed by atoms with Crippen LogP contribution in [-0.2, 0) is 11.2 Å². The summed E-state index contributed by atoms with van der Waals surface area (Å²) >= 11 is 0. The van der Waals surface area contributed by atoms with Gasteiger partial charge in [-0.3, -0.25) is 9.59 Å². The molecule has 4 heteroatoms. The van der Waals surface area contributed by atoms with Crippen LogP contribution in [0.3, 0.4) is 0 Å². The van der Waals surface area contributed by atoms with Gasteiger partial charge in [0.15, 0.2) is 11.6 Å². The molecule has 1 heterocycles. The van der Waals surface area contributed by atoms with E-state index in [9.17, 15) is 14.7 Å². The van der Waals surface area contributed by atoms with Gasteiger partial charge in [-0.2, -0.15) is 0 Å². The van der Waals surface area contributed by atoms with Gasteiger partial charge in [0.1, 0.15) is 11.5 Å².